The Balaban J connectivity index is 2.03. The summed E-state index contributed by atoms with van der Waals surface area (Å²) in [5.41, 5.74) is 0. The van der Waals surface area contributed by atoms with Gasteiger partial charge in [-0.2, -0.15) is 0 Å². The van der Waals surface area contributed by atoms with Gasteiger partial charge >= 0.3 is 0 Å². The van der Waals surface area contributed by atoms with E-state index in [0.29, 0.717) is 5.88 Å². The number of ether oxygens (including phenoxy) is 1. The van der Waals surface area contributed by atoms with Crippen LogP contribution in [-0.2, 0) is 0 Å². The molecule has 15 heavy (non-hydrogen) atoms. The predicted octanol–water partition coefficient (Wildman–Crippen LogP) is 1.72. The third-order valence-corrected chi connectivity index (χ3v) is 2.94. The van der Waals surface area contributed by atoms with Crippen LogP contribution in [0.4, 0.5) is 5.82 Å². The average Bonchev–Trinajstić information content (AvgIpc) is 2.30. The number of hydrogen-bond acceptors (Lipinski definition) is 4. The molecule has 2 heterocycles. The molecule has 4 heteroatoms. The van der Waals surface area contributed by atoms with Crippen molar-refractivity contribution in [2.24, 2.45) is 5.92 Å². The summed E-state index contributed by atoms with van der Waals surface area (Å²) in [4.78, 5) is 2.28. The second-order valence-electron chi connectivity index (χ2n) is 4.10. The minimum absolute atomic E-state index is 0.573. The standard InChI is InChI=1S/C11H17N3O/c1-9-5-7-14(8-6-9)10-3-4-11(15-2)13-12-10/h3-4,9H,5-8H2,1-2H3. The molecule has 82 valence electrons. The van der Waals surface area contributed by atoms with Gasteiger partial charge in [-0.3, -0.25) is 0 Å². The number of hydrogen-bond donors (Lipinski definition) is 0. The zero-order valence-corrected chi connectivity index (χ0v) is 9.31. The molecular formula is C11H17N3O. The van der Waals surface area contributed by atoms with Gasteiger partial charge in [0.05, 0.1) is 7.11 Å². The Hall–Kier alpha value is -1.32. The molecule has 0 N–H and O–H groups in total. The first kappa shape index (κ1) is 10.2. The van der Waals surface area contributed by atoms with E-state index in [1.165, 1.54) is 12.8 Å². The Morgan fingerprint density at radius 3 is 2.53 bits per heavy atom. The molecule has 0 atom stereocenters. The lowest BCUT2D eigenvalue weighted by molar-refractivity contribution is 0.390. The molecule has 0 unspecified atom stereocenters. The fraction of sp³-hybridized carbons (Fsp3) is 0.636. The number of nitrogens with zero attached hydrogens (tertiary/aromatic N) is 3. The van der Waals surface area contributed by atoms with Crippen LogP contribution >= 0.6 is 0 Å². The van der Waals surface area contributed by atoms with E-state index in [1.807, 2.05) is 12.1 Å². The van der Waals surface area contributed by atoms with E-state index in [4.69, 9.17) is 4.74 Å². The largest absolute Gasteiger partial charge is 0.480 e. The van der Waals surface area contributed by atoms with Crippen molar-refractivity contribution in [3.63, 3.8) is 0 Å². The monoisotopic (exact) mass is 207 g/mol. The van der Waals surface area contributed by atoms with Crippen molar-refractivity contribution in [3.8, 4) is 5.88 Å². The molecule has 1 aliphatic rings. The summed E-state index contributed by atoms with van der Waals surface area (Å²) in [7, 11) is 1.60. The van der Waals surface area contributed by atoms with Crippen molar-refractivity contribution in [2.75, 3.05) is 25.1 Å². The fourth-order valence-corrected chi connectivity index (χ4v) is 1.83. The number of piperidine rings is 1. The molecule has 1 saturated heterocycles. The summed E-state index contributed by atoms with van der Waals surface area (Å²) < 4.78 is 4.98. The topological polar surface area (TPSA) is 38.2 Å². The molecule has 0 spiro atoms. The first-order valence-corrected chi connectivity index (χ1v) is 5.42. The lowest BCUT2D eigenvalue weighted by Crippen LogP contribution is -2.33. The van der Waals surface area contributed by atoms with Gasteiger partial charge in [0.25, 0.3) is 0 Å². The summed E-state index contributed by atoms with van der Waals surface area (Å²) in [5.74, 6) is 2.37. The maximum absolute atomic E-state index is 4.98. The van der Waals surface area contributed by atoms with Gasteiger partial charge in [0, 0.05) is 19.2 Å². The number of aromatic nitrogens is 2. The molecule has 1 fully saturated rings. The maximum atomic E-state index is 4.98. The van der Waals surface area contributed by atoms with Crippen molar-refractivity contribution < 1.29 is 4.74 Å². The van der Waals surface area contributed by atoms with Crippen molar-refractivity contribution in [3.05, 3.63) is 12.1 Å². The summed E-state index contributed by atoms with van der Waals surface area (Å²) in [6.45, 7) is 4.47. The van der Waals surface area contributed by atoms with Crippen molar-refractivity contribution in [1.82, 2.24) is 10.2 Å². The fourth-order valence-electron chi connectivity index (χ4n) is 1.83. The van der Waals surface area contributed by atoms with E-state index in [2.05, 4.69) is 22.0 Å². The first-order valence-electron chi connectivity index (χ1n) is 5.42. The zero-order chi connectivity index (χ0) is 10.7. The summed E-state index contributed by atoms with van der Waals surface area (Å²) in [6.07, 6.45) is 2.49. The normalized spacial score (nSPS) is 17.9. The van der Waals surface area contributed by atoms with Crippen LogP contribution in [-0.4, -0.2) is 30.4 Å². The van der Waals surface area contributed by atoms with Crippen LogP contribution in [0.25, 0.3) is 0 Å². The Morgan fingerprint density at radius 1 is 1.27 bits per heavy atom. The number of anilines is 1. The van der Waals surface area contributed by atoms with Gasteiger partial charge < -0.3 is 9.64 Å². The van der Waals surface area contributed by atoms with Crippen LogP contribution in [0.1, 0.15) is 19.8 Å². The van der Waals surface area contributed by atoms with Crippen LogP contribution in [0.2, 0.25) is 0 Å². The number of rotatable bonds is 2. The third-order valence-electron chi connectivity index (χ3n) is 2.94. The molecule has 0 aliphatic carbocycles. The highest BCUT2D eigenvalue weighted by atomic mass is 16.5. The van der Waals surface area contributed by atoms with Gasteiger partial charge in [0.15, 0.2) is 5.82 Å². The van der Waals surface area contributed by atoms with Gasteiger partial charge in [0.1, 0.15) is 0 Å². The summed E-state index contributed by atoms with van der Waals surface area (Å²) in [6, 6.07) is 3.84. The maximum Gasteiger partial charge on any atom is 0.233 e. The first-order chi connectivity index (χ1) is 7.29. The lowest BCUT2D eigenvalue weighted by atomic mass is 9.99. The summed E-state index contributed by atoms with van der Waals surface area (Å²) >= 11 is 0. The zero-order valence-electron chi connectivity index (χ0n) is 9.31. The third kappa shape index (κ3) is 2.37. The van der Waals surface area contributed by atoms with Crippen molar-refractivity contribution in [1.29, 1.82) is 0 Å². The van der Waals surface area contributed by atoms with E-state index in [9.17, 15) is 0 Å². The Kier molecular flexibility index (Phi) is 3.04. The quantitative estimate of drug-likeness (QED) is 0.740. The highest BCUT2D eigenvalue weighted by molar-refractivity contribution is 5.38. The average molecular weight is 207 g/mol. The van der Waals surface area contributed by atoms with E-state index < -0.39 is 0 Å². The van der Waals surface area contributed by atoms with E-state index in [0.717, 1.165) is 24.8 Å². The predicted molar refractivity (Wildman–Crippen MR) is 59.2 cm³/mol. The molecule has 0 aromatic carbocycles. The van der Waals surface area contributed by atoms with Crippen LogP contribution in [0.5, 0.6) is 5.88 Å². The molecule has 0 saturated carbocycles. The van der Waals surface area contributed by atoms with E-state index >= 15 is 0 Å². The lowest BCUT2D eigenvalue weighted by Gasteiger charge is -2.30. The minimum Gasteiger partial charge on any atom is -0.480 e. The highest BCUT2D eigenvalue weighted by Gasteiger charge is 2.16. The number of methoxy groups -OCH3 is 1. The van der Waals surface area contributed by atoms with E-state index in [-0.39, 0.29) is 0 Å². The molecule has 0 radical (unpaired) electrons. The molecule has 4 nitrogen and oxygen atoms in total. The van der Waals surface area contributed by atoms with E-state index in [1.54, 1.807) is 7.11 Å². The van der Waals surface area contributed by atoms with Gasteiger partial charge in [-0.05, 0) is 24.8 Å². The van der Waals surface area contributed by atoms with Crippen molar-refractivity contribution in [2.45, 2.75) is 19.8 Å². The van der Waals surface area contributed by atoms with Crippen LogP contribution in [0.15, 0.2) is 12.1 Å². The molecule has 1 aliphatic heterocycles. The molecule has 1 aromatic rings. The Morgan fingerprint density at radius 2 is 2.00 bits per heavy atom. The molecule has 0 amide bonds. The Labute approximate surface area is 90.3 Å². The molecule has 0 bridgehead atoms. The van der Waals surface area contributed by atoms with Gasteiger partial charge in [-0.1, -0.05) is 6.92 Å². The molecule has 2 rings (SSSR count). The SMILES string of the molecule is COc1ccc(N2CCC(C)CC2)nn1. The van der Waals surface area contributed by atoms with Gasteiger partial charge in [-0.25, -0.2) is 0 Å². The van der Waals surface area contributed by atoms with Crippen LogP contribution < -0.4 is 9.64 Å². The molecular weight excluding hydrogens is 190 g/mol. The Bertz CT molecular complexity index is 304. The van der Waals surface area contributed by atoms with Gasteiger partial charge in [0.2, 0.25) is 5.88 Å². The van der Waals surface area contributed by atoms with Crippen LogP contribution in [0.3, 0.4) is 0 Å². The van der Waals surface area contributed by atoms with Crippen molar-refractivity contribution >= 4 is 5.82 Å². The summed E-state index contributed by atoms with van der Waals surface area (Å²) in [5, 5.41) is 8.13. The second kappa shape index (κ2) is 4.47. The van der Waals surface area contributed by atoms with Gasteiger partial charge in [-0.15, -0.1) is 10.2 Å². The molecule has 1 aromatic heterocycles. The second-order valence-corrected chi connectivity index (χ2v) is 4.10. The highest BCUT2D eigenvalue weighted by Crippen LogP contribution is 2.21. The smallest absolute Gasteiger partial charge is 0.233 e. The minimum atomic E-state index is 0.573. The van der Waals surface area contributed by atoms with Crippen LogP contribution in [0, 0.1) is 5.92 Å².